The molecule has 1 amide bonds. The highest BCUT2D eigenvalue weighted by Crippen LogP contribution is 2.21. The number of aromatic nitrogens is 3. The molecular formula is C20H24F3N5O3. The van der Waals surface area contributed by atoms with Gasteiger partial charge in [0.2, 0.25) is 5.91 Å². The van der Waals surface area contributed by atoms with Crippen molar-refractivity contribution in [3.63, 3.8) is 0 Å². The quantitative estimate of drug-likeness (QED) is 0.754. The van der Waals surface area contributed by atoms with Crippen molar-refractivity contribution >= 4 is 17.7 Å². The molecule has 0 unspecified atom stereocenters. The van der Waals surface area contributed by atoms with Gasteiger partial charge in [-0.2, -0.15) is 13.2 Å². The number of aliphatic carboxylic acids is 1. The number of carboxylic acid groups (broad SMARTS) is 1. The van der Waals surface area contributed by atoms with Gasteiger partial charge in [-0.3, -0.25) is 9.78 Å². The van der Waals surface area contributed by atoms with Gasteiger partial charge >= 0.3 is 12.1 Å². The van der Waals surface area contributed by atoms with E-state index in [1.807, 2.05) is 23.1 Å². The fourth-order valence-electron chi connectivity index (χ4n) is 2.94. The molecule has 31 heavy (non-hydrogen) atoms. The van der Waals surface area contributed by atoms with Gasteiger partial charge in [0.15, 0.2) is 0 Å². The first kappa shape index (κ1) is 24.0. The second-order valence-electron chi connectivity index (χ2n) is 7.13. The minimum absolute atomic E-state index is 0.118. The summed E-state index contributed by atoms with van der Waals surface area (Å²) in [5.41, 5.74) is 2.99. The molecule has 2 aromatic heterocycles. The maximum Gasteiger partial charge on any atom is 0.490 e. The van der Waals surface area contributed by atoms with E-state index < -0.39 is 12.1 Å². The van der Waals surface area contributed by atoms with Crippen LogP contribution < -0.4 is 5.32 Å². The number of nitrogens with zero attached hydrogens (tertiary/aromatic N) is 4. The average Bonchev–Trinajstić information content (AvgIpc) is 2.92. The van der Waals surface area contributed by atoms with Crippen LogP contribution in [0.4, 0.5) is 19.0 Å². The molecule has 1 aliphatic heterocycles. The van der Waals surface area contributed by atoms with Gasteiger partial charge in [0, 0.05) is 43.0 Å². The molecule has 0 radical (unpaired) electrons. The molecule has 0 aromatic carbocycles. The number of pyridine rings is 1. The van der Waals surface area contributed by atoms with Crippen LogP contribution in [0.1, 0.15) is 30.8 Å². The Balaban J connectivity index is 0.000000423. The summed E-state index contributed by atoms with van der Waals surface area (Å²) in [6.45, 7) is 5.57. The second-order valence-corrected chi connectivity index (χ2v) is 7.13. The van der Waals surface area contributed by atoms with Crippen LogP contribution in [0.5, 0.6) is 0 Å². The lowest BCUT2D eigenvalue weighted by atomic mass is 10.1. The lowest BCUT2D eigenvalue weighted by Crippen LogP contribution is -2.34. The molecule has 0 bridgehead atoms. The average molecular weight is 439 g/mol. The third-order valence-electron chi connectivity index (χ3n) is 4.36. The second kappa shape index (κ2) is 10.7. The summed E-state index contributed by atoms with van der Waals surface area (Å²) in [5.74, 6) is -1.74. The van der Waals surface area contributed by atoms with Gasteiger partial charge in [0.1, 0.15) is 12.1 Å². The number of amides is 1. The molecule has 3 rings (SSSR count). The number of anilines is 1. The molecule has 2 N–H and O–H groups in total. The molecule has 0 aliphatic carbocycles. The van der Waals surface area contributed by atoms with E-state index in [1.54, 1.807) is 12.5 Å². The minimum atomic E-state index is -5.08. The predicted molar refractivity (Wildman–Crippen MR) is 106 cm³/mol. The number of carbonyl (C=O) groups is 2. The van der Waals surface area contributed by atoms with E-state index in [0.717, 1.165) is 35.6 Å². The van der Waals surface area contributed by atoms with Crippen LogP contribution in [0.2, 0.25) is 0 Å². The zero-order valence-electron chi connectivity index (χ0n) is 17.2. The molecule has 11 heteroatoms. The summed E-state index contributed by atoms with van der Waals surface area (Å²) in [7, 11) is 0. The molecule has 3 heterocycles. The largest absolute Gasteiger partial charge is 0.490 e. The van der Waals surface area contributed by atoms with Crippen molar-refractivity contribution in [1.29, 1.82) is 0 Å². The van der Waals surface area contributed by atoms with Crippen LogP contribution >= 0.6 is 0 Å². The number of fused-ring (bicyclic) bond motifs is 1. The molecule has 0 saturated heterocycles. The summed E-state index contributed by atoms with van der Waals surface area (Å²) < 4.78 is 31.7. The lowest BCUT2D eigenvalue weighted by molar-refractivity contribution is -0.192. The summed E-state index contributed by atoms with van der Waals surface area (Å²) in [6.07, 6.45) is 0.132. The Morgan fingerprint density at radius 2 is 1.84 bits per heavy atom. The number of hydrogen-bond acceptors (Lipinski definition) is 6. The minimum Gasteiger partial charge on any atom is -0.475 e. The number of hydrogen-bond donors (Lipinski definition) is 2. The predicted octanol–water partition coefficient (Wildman–Crippen LogP) is 2.50. The standard InChI is InChI=1S/C18H23N5O.C2HF3O2/c1-13(2)22-18-15-6-9-23(10-7-16(15)20-12-21-18)17(24)11-14-5-3-4-8-19-14;3-2(4,5)1(6)7/h3-5,8,12-13H,6-7,9-11H2,1-2H3,(H,20,21,22);(H,6,7). The van der Waals surface area contributed by atoms with Crippen LogP contribution in [-0.2, 0) is 28.9 Å². The van der Waals surface area contributed by atoms with Gasteiger partial charge in [-0.25, -0.2) is 14.8 Å². The van der Waals surface area contributed by atoms with Crippen LogP contribution in [-0.4, -0.2) is 62.1 Å². The van der Waals surface area contributed by atoms with Gasteiger partial charge in [-0.1, -0.05) is 6.07 Å². The fraction of sp³-hybridized carbons (Fsp3) is 0.450. The molecule has 0 saturated carbocycles. The van der Waals surface area contributed by atoms with E-state index in [4.69, 9.17) is 9.90 Å². The van der Waals surface area contributed by atoms with Crippen LogP contribution in [0.3, 0.4) is 0 Å². The number of halogens is 3. The van der Waals surface area contributed by atoms with E-state index in [2.05, 4.69) is 34.1 Å². The summed E-state index contributed by atoms with van der Waals surface area (Å²) in [6, 6.07) is 5.97. The van der Waals surface area contributed by atoms with E-state index in [-0.39, 0.29) is 5.91 Å². The SMILES string of the molecule is CC(C)Nc1ncnc2c1CCN(C(=O)Cc1ccccn1)CC2.O=C(O)C(F)(F)F. The summed E-state index contributed by atoms with van der Waals surface area (Å²) >= 11 is 0. The highest BCUT2D eigenvalue weighted by atomic mass is 19.4. The topological polar surface area (TPSA) is 108 Å². The fourth-order valence-corrected chi connectivity index (χ4v) is 2.94. The molecule has 8 nitrogen and oxygen atoms in total. The molecular weight excluding hydrogens is 415 g/mol. The third kappa shape index (κ3) is 7.50. The molecule has 0 atom stereocenters. The summed E-state index contributed by atoms with van der Waals surface area (Å²) in [4.78, 5) is 36.4. The number of rotatable bonds is 4. The zero-order valence-corrected chi connectivity index (χ0v) is 17.2. The number of alkyl halides is 3. The molecule has 168 valence electrons. The third-order valence-corrected chi connectivity index (χ3v) is 4.36. The van der Waals surface area contributed by atoms with Crippen molar-refractivity contribution in [2.45, 2.75) is 45.3 Å². The highest BCUT2D eigenvalue weighted by Gasteiger charge is 2.38. The Hall–Kier alpha value is -3.24. The van der Waals surface area contributed by atoms with E-state index in [0.29, 0.717) is 25.6 Å². The summed E-state index contributed by atoms with van der Waals surface area (Å²) in [5, 5.41) is 10.5. The van der Waals surface area contributed by atoms with Gasteiger partial charge in [0.05, 0.1) is 12.1 Å². The Morgan fingerprint density at radius 3 is 2.42 bits per heavy atom. The van der Waals surface area contributed by atoms with Crippen molar-refractivity contribution in [2.24, 2.45) is 0 Å². The smallest absolute Gasteiger partial charge is 0.475 e. The normalized spacial score (nSPS) is 13.5. The Kier molecular flexibility index (Phi) is 8.29. The molecule has 0 fully saturated rings. The van der Waals surface area contributed by atoms with Crippen molar-refractivity contribution in [3.8, 4) is 0 Å². The Labute approximate surface area is 177 Å². The maximum atomic E-state index is 12.6. The van der Waals surface area contributed by atoms with Crippen molar-refractivity contribution in [2.75, 3.05) is 18.4 Å². The van der Waals surface area contributed by atoms with Gasteiger partial charge in [-0.15, -0.1) is 0 Å². The van der Waals surface area contributed by atoms with Crippen molar-refractivity contribution in [3.05, 3.63) is 47.7 Å². The van der Waals surface area contributed by atoms with Gasteiger partial charge in [0.25, 0.3) is 0 Å². The monoisotopic (exact) mass is 439 g/mol. The van der Waals surface area contributed by atoms with Crippen molar-refractivity contribution < 1.29 is 27.9 Å². The van der Waals surface area contributed by atoms with Crippen LogP contribution in [0, 0.1) is 0 Å². The zero-order chi connectivity index (χ0) is 23.0. The first-order valence-electron chi connectivity index (χ1n) is 9.65. The Bertz CT molecular complexity index is 891. The molecule has 1 aliphatic rings. The first-order valence-corrected chi connectivity index (χ1v) is 9.65. The maximum absolute atomic E-state index is 12.6. The van der Waals surface area contributed by atoms with Crippen LogP contribution in [0.15, 0.2) is 30.7 Å². The van der Waals surface area contributed by atoms with Gasteiger partial charge < -0.3 is 15.3 Å². The van der Waals surface area contributed by atoms with Crippen LogP contribution in [0.25, 0.3) is 0 Å². The molecule has 2 aromatic rings. The highest BCUT2D eigenvalue weighted by molar-refractivity contribution is 5.78. The van der Waals surface area contributed by atoms with Crippen molar-refractivity contribution in [1.82, 2.24) is 19.9 Å². The van der Waals surface area contributed by atoms with Gasteiger partial charge in [-0.05, 0) is 32.4 Å². The number of nitrogens with one attached hydrogen (secondary N) is 1. The first-order chi connectivity index (χ1) is 14.6. The van der Waals surface area contributed by atoms with E-state index >= 15 is 0 Å². The number of carboxylic acids is 1. The van der Waals surface area contributed by atoms with E-state index in [9.17, 15) is 18.0 Å². The van der Waals surface area contributed by atoms with E-state index in [1.165, 1.54) is 0 Å². The number of carbonyl (C=O) groups excluding carboxylic acids is 1. The Morgan fingerprint density at radius 1 is 1.16 bits per heavy atom. The lowest BCUT2D eigenvalue weighted by Gasteiger charge is -2.20. The molecule has 0 spiro atoms.